The summed E-state index contributed by atoms with van der Waals surface area (Å²) in [4.78, 5) is 13.6. The Hall–Kier alpha value is -2.45. The van der Waals surface area contributed by atoms with Crippen molar-refractivity contribution in [1.82, 2.24) is 19.9 Å². The van der Waals surface area contributed by atoms with Crippen molar-refractivity contribution in [1.29, 1.82) is 0 Å². The number of aliphatic hydroxyl groups is 2. The number of hydrogen-bond donors (Lipinski definition) is 3. The third kappa shape index (κ3) is 3.66. The molecule has 2 amide bonds. The Morgan fingerprint density at radius 2 is 2.13 bits per heavy atom. The predicted octanol–water partition coefficient (Wildman–Crippen LogP) is 0.286. The van der Waals surface area contributed by atoms with E-state index in [4.69, 9.17) is 0 Å². The van der Waals surface area contributed by atoms with Crippen molar-refractivity contribution < 1.29 is 15.0 Å². The zero-order valence-electron chi connectivity index (χ0n) is 12.5. The number of aliphatic hydroxyl groups excluding tert-OH is 2. The number of carbonyl (C=O) groups excluding carboxylic acids is 1. The molecule has 1 aromatic carbocycles. The van der Waals surface area contributed by atoms with Gasteiger partial charge in [0.15, 0.2) is 5.82 Å². The number of β-amino-alcohol motifs (C(OH)–C–C–N with tert-alkyl or cyclic N) is 1. The number of anilines is 1. The van der Waals surface area contributed by atoms with Crippen molar-refractivity contribution in [2.75, 3.05) is 18.5 Å². The summed E-state index contributed by atoms with van der Waals surface area (Å²) in [5, 5.41) is 29.4. The highest BCUT2D eigenvalue weighted by molar-refractivity contribution is 5.88. The van der Waals surface area contributed by atoms with Crippen molar-refractivity contribution in [3.63, 3.8) is 0 Å². The number of aromatic nitrogens is 3. The fourth-order valence-electron chi connectivity index (χ4n) is 2.70. The minimum atomic E-state index is -0.605. The molecular weight excluding hydrogens is 298 g/mol. The number of nitrogens with zero attached hydrogens (tertiary/aromatic N) is 4. The van der Waals surface area contributed by atoms with E-state index in [-0.39, 0.29) is 19.2 Å². The molecule has 0 saturated carbocycles. The van der Waals surface area contributed by atoms with Crippen molar-refractivity contribution >= 4 is 11.8 Å². The van der Waals surface area contributed by atoms with Crippen LogP contribution in [0.3, 0.4) is 0 Å². The minimum Gasteiger partial charge on any atom is -0.394 e. The minimum absolute atomic E-state index is 0.175. The molecule has 2 aromatic rings. The molecule has 0 unspecified atom stereocenters. The summed E-state index contributed by atoms with van der Waals surface area (Å²) in [5.41, 5.74) is 1.08. The number of carbonyl (C=O) groups is 1. The zero-order valence-corrected chi connectivity index (χ0v) is 12.5. The van der Waals surface area contributed by atoms with Gasteiger partial charge in [0.05, 0.1) is 31.5 Å². The van der Waals surface area contributed by atoms with Crippen LogP contribution in [-0.4, -0.2) is 61.4 Å². The number of hydrogen-bond acceptors (Lipinski definition) is 5. The maximum absolute atomic E-state index is 12.2. The van der Waals surface area contributed by atoms with Crippen LogP contribution in [-0.2, 0) is 6.54 Å². The van der Waals surface area contributed by atoms with Crippen LogP contribution in [0.4, 0.5) is 10.6 Å². The zero-order chi connectivity index (χ0) is 16.2. The molecule has 1 aromatic heterocycles. The van der Waals surface area contributed by atoms with E-state index in [9.17, 15) is 15.0 Å². The van der Waals surface area contributed by atoms with Gasteiger partial charge >= 0.3 is 6.03 Å². The van der Waals surface area contributed by atoms with Gasteiger partial charge in [0.2, 0.25) is 0 Å². The molecule has 0 bridgehead atoms. The van der Waals surface area contributed by atoms with Crippen molar-refractivity contribution in [3.8, 4) is 0 Å². The number of benzene rings is 1. The summed E-state index contributed by atoms with van der Waals surface area (Å²) in [6.45, 7) is 0.589. The third-order valence-electron chi connectivity index (χ3n) is 3.83. The fraction of sp³-hybridized carbons (Fsp3) is 0.400. The lowest BCUT2D eigenvalue weighted by molar-refractivity contribution is 0.164. The summed E-state index contributed by atoms with van der Waals surface area (Å²) in [6.07, 6.45) is 1.42. The van der Waals surface area contributed by atoms with E-state index in [1.54, 1.807) is 10.9 Å². The van der Waals surface area contributed by atoms with Gasteiger partial charge < -0.3 is 15.1 Å². The number of amides is 2. The van der Waals surface area contributed by atoms with Crippen molar-refractivity contribution in [3.05, 3.63) is 42.1 Å². The van der Waals surface area contributed by atoms with E-state index in [2.05, 4.69) is 15.6 Å². The number of nitrogens with one attached hydrogen (secondary N) is 1. The molecular formula is C15H19N5O3. The van der Waals surface area contributed by atoms with Crippen LogP contribution in [0.1, 0.15) is 12.0 Å². The number of likely N-dealkylation sites (tertiary alicyclic amines) is 1. The van der Waals surface area contributed by atoms with Gasteiger partial charge in [0.1, 0.15) is 0 Å². The van der Waals surface area contributed by atoms with E-state index in [0.29, 0.717) is 18.8 Å². The van der Waals surface area contributed by atoms with Gasteiger partial charge in [-0.15, -0.1) is 5.10 Å². The van der Waals surface area contributed by atoms with Gasteiger partial charge in [0, 0.05) is 6.54 Å². The number of urea groups is 1. The van der Waals surface area contributed by atoms with Crippen LogP contribution in [0.2, 0.25) is 0 Å². The monoisotopic (exact) mass is 317 g/mol. The second-order valence-corrected chi connectivity index (χ2v) is 5.60. The molecule has 1 aliphatic rings. The van der Waals surface area contributed by atoms with E-state index in [1.165, 1.54) is 4.90 Å². The Morgan fingerprint density at radius 3 is 2.87 bits per heavy atom. The molecule has 1 fully saturated rings. The Kier molecular flexibility index (Phi) is 4.54. The molecule has 0 spiro atoms. The molecule has 2 atom stereocenters. The highest BCUT2D eigenvalue weighted by Crippen LogP contribution is 2.18. The predicted molar refractivity (Wildman–Crippen MR) is 82.8 cm³/mol. The summed E-state index contributed by atoms with van der Waals surface area (Å²) < 4.78 is 1.63. The summed E-state index contributed by atoms with van der Waals surface area (Å²) in [7, 11) is 0. The van der Waals surface area contributed by atoms with Gasteiger partial charge in [-0.3, -0.25) is 5.32 Å². The highest BCUT2D eigenvalue weighted by atomic mass is 16.3. The first-order valence-corrected chi connectivity index (χ1v) is 7.46. The quantitative estimate of drug-likeness (QED) is 0.752. The molecule has 3 rings (SSSR count). The fourth-order valence-corrected chi connectivity index (χ4v) is 2.70. The van der Waals surface area contributed by atoms with Gasteiger partial charge in [-0.1, -0.05) is 35.5 Å². The molecule has 8 heteroatoms. The summed E-state index contributed by atoms with van der Waals surface area (Å²) in [5.74, 6) is 0.337. The average molecular weight is 317 g/mol. The molecule has 3 N–H and O–H groups in total. The standard InChI is InChI=1S/C15H19N5O3/c21-10-12-6-13(22)8-20(12)15(23)16-14-9-19(18-17-14)7-11-4-2-1-3-5-11/h1-5,9,12-13,21-22H,6-8,10H2,(H,16,23)/t12-,13-/m0/s1. The van der Waals surface area contributed by atoms with E-state index in [1.807, 2.05) is 30.3 Å². The molecule has 1 aliphatic heterocycles. The van der Waals surface area contributed by atoms with Crippen molar-refractivity contribution in [2.45, 2.75) is 25.1 Å². The van der Waals surface area contributed by atoms with Gasteiger partial charge in [-0.25, -0.2) is 9.48 Å². The normalized spacial score (nSPS) is 20.7. The Balaban J connectivity index is 1.61. The van der Waals surface area contributed by atoms with Gasteiger partial charge in [0.25, 0.3) is 0 Å². The highest BCUT2D eigenvalue weighted by Gasteiger charge is 2.34. The maximum Gasteiger partial charge on any atom is 0.323 e. The Labute approximate surface area is 133 Å². The largest absolute Gasteiger partial charge is 0.394 e. The number of rotatable bonds is 4. The van der Waals surface area contributed by atoms with Crippen LogP contribution in [0.15, 0.2) is 36.5 Å². The van der Waals surface area contributed by atoms with Crippen LogP contribution < -0.4 is 5.32 Å². The van der Waals surface area contributed by atoms with Crippen LogP contribution in [0, 0.1) is 0 Å². The molecule has 8 nitrogen and oxygen atoms in total. The van der Waals surface area contributed by atoms with E-state index >= 15 is 0 Å². The SMILES string of the molecule is O=C(Nc1cn(Cc2ccccc2)nn1)N1C[C@@H](O)C[C@H]1CO. The molecule has 0 radical (unpaired) electrons. The van der Waals surface area contributed by atoms with Crippen LogP contribution in [0.25, 0.3) is 0 Å². The second kappa shape index (κ2) is 6.76. The Bertz CT molecular complexity index is 660. The molecule has 23 heavy (non-hydrogen) atoms. The Morgan fingerprint density at radius 1 is 1.35 bits per heavy atom. The first-order chi connectivity index (χ1) is 11.2. The summed E-state index contributed by atoms with van der Waals surface area (Å²) >= 11 is 0. The second-order valence-electron chi connectivity index (χ2n) is 5.60. The lowest BCUT2D eigenvalue weighted by atomic mass is 10.2. The molecule has 122 valence electrons. The van der Waals surface area contributed by atoms with E-state index < -0.39 is 12.1 Å². The summed E-state index contributed by atoms with van der Waals surface area (Å²) in [6, 6.07) is 9.04. The van der Waals surface area contributed by atoms with Crippen molar-refractivity contribution in [2.24, 2.45) is 0 Å². The average Bonchev–Trinajstić information content (AvgIpc) is 3.14. The molecule has 2 heterocycles. The van der Waals surface area contributed by atoms with Gasteiger partial charge in [-0.05, 0) is 12.0 Å². The first-order valence-electron chi connectivity index (χ1n) is 7.46. The van der Waals surface area contributed by atoms with E-state index in [0.717, 1.165) is 5.56 Å². The maximum atomic E-state index is 12.2. The molecule has 1 saturated heterocycles. The van der Waals surface area contributed by atoms with Crippen LogP contribution >= 0.6 is 0 Å². The molecule has 0 aliphatic carbocycles. The first kappa shape index (κ1) is 15.4. The lowest BCUT2D eigenvalue weighted by Crippen LogP contribution is -2.40. The van der Waals surface area contributed by atoms with Crippen LogP contribution in [0.5, 0.6) is 0 Å². The third-order valence-corrected chi connectivity index (χ3v) is 3.83. The van der Waals surface area contributed by atoms with Gasteiger partial charge in [-0.2, -0.15) is 0 Å². The smallest absolute Gasteiger partial charge is 0.323 e. The topological polar surface area (TPSA) is 104 Å². The lowest BCUT2D eigenvalue weighted by Gasteiger charge is -2.22.